The number of fused-ring (bicyclic) bond motifs is 16. The lowest BCUT2D eigenvalue weighted by molar-refractivity contribution is 0.137. The van der Waals surface area contributed by atoms with Gasteiger partial charge in [-0.25, -0.2) is 4.79 Å². The van der Waals surface area contributed by atoms with Gasteiger partial charge in [0.25, 0.3) is 0 Å². The van der Waals surface area contributed by atoms with Gasteiger partial charge >= 0.3 is 6.09 Å². The van der Waals surface area contributed by atoms with E-state index in [0.717, 1.165) is 134 Å². The molecule has 5 rings (SSSR count). The molecule has 286 valence electrons. The van der Waals surface area contributed by atoms with Crippen LogP contribution in [-0.2, 0) is 4.74 Å². The molecule has 1 unspecified atom stereocenters. The Morgan fingerprint density at radius 1 is 0.660 bits per heavy atom. The predicted octanol–water partition coefficient (Wildman–Crippen LogP) is 1.13. The molecule has 1 amide bonds. The fourth-order valence-corrected chi connectivity index (χ4v) is 8.02. The third-order valence-corrected chi connectivity index (χ3v) is 11.0. The Hall–Kier alpha value is -1.76. The molecule has 0 aromatic rings. The van der Waals surface area contributed by atoms with E-state index >= 15 is 0 Å². The van der Waals surface area contributed by atoms with E-state index in [4.69, 9.17) is 22.7 Å². The maximum atomic E-state index is 12.1. The van der Waals surface area contributed by atoms with Crippen LogP contribution in [0.25, 0.3) is 0 Å². The Morgan fingerprint density at radius 3 is 1.56 bits per heavy atom. The first-order chi connectivity index (χ1) is 24.5. The Balaban J connectivity index is 0.995. The van der Waals surface area contributed by atoms with Crippen molar-refractivity contribution in [1.82, 2.24) is 47.9 Å². The number of unbranched alkanes of at least 4 members (excludes halogenated alkanes) is 8. The minimum Gasteiger partial charge on any atom is -0.449 e. The molecule has 3 heterocycles. The second kappa shape index (κ2) is 23.7. The van der Waals surface area contributed by atoms with Gasteiger partial charge in [0.2, 0.25) is 0 Å². The normalized spacial score (nSPS) is 29.4. The summed E-state index contributed by atoms with van der Waals surface area (Å²) in [4.78, 5) is 12.1. The van der Waals surface area contributed by atoms with E-state index in [1.54, 1.807) is 0 Å². The Morgan fingerprint density at radius 2 is 1.08 bits per heavy atom. The molecule has 0 radical (unpaired) electrons. The van der Waals surface area contributed by atoms with E-state index in [0.29, 0.717) is 19.1 Å². The van der Waals surface area contributed by atoms with Gasteiger partial charge < -0.3 is 58.3 Å². The molecule has 11 N–H and O–H groups in total. The second-order valence-electron chi connectivity index (χ2n) is 15.2. The molecule has 1 saturated carbocycles. The molecule has 0 aromatic heterocycles. The highest BCUT2D eigenvalue weighted by atomic mass is 32.1. The molecule has 0 spiro atoms. The third kappa shape index (κ3) is 16.3. The first kappa shape index (κ1) is 41.0. The van der Waals surface area contributed by atoms with Crippen molar-refractivity contribution in [2.24, 2.45) is 23.5 Å². The number of thiocarbonyl (C=S) groups is 1. The Kier molecular flexibility index (Phi) is 19.5. The molecule has 12 nitrogen and oxygen atoms in total. The predicted molar refractivity (Wildman–Crippen MR) is 208 cm³/mol. The van der Waals surface area contributed by atoms with Crippen LogP contribution >= 0.6 is 12.2 Å². The van der Waals surface area contributed by atoms with Gasteiger partial charge in [-0.3, -0.25) is 0 Å². The summed E-state index contributed by atoms with van der Waals surface area (Å²) in [6.07, 6.45) is 14.9. The molecule has 13 heteroatoms. The average Bonchev–Trinajstić information content (AvgIpc) is 3.74. The number of amides is 1. The monoisotopic (exact) mass is 719 g/mol. The van der Waals surface area contributed by atoms with E-state index in [2.05, 4.69) is 59.7 Å². The van der Waals surface area contributed by atoms with Crippen LogP contribution in [0.4, 0.5) is 4.79 Å². The third-order valence-electron chi connectivity index (χ3n) is 10.8. The first-order valence-corrected chi connectivity index (χ1v) is 20.4. The molecule has 3 saturated heterocycles. The van der Waals surface area contributed by atoms with Gasteiger partial charge in [-0.15, -0.1) is 11.8 Å². The molecule has 3 atom stereocenters. The van der Waals surface area contributed by atoms with Crippen LogP contribution in [0, 0.1) is 29.6 Å². The van der Waals surface area contributed by atoms with Crippen molar-refractivity contribution in [2.75, 3.05) is 98.2 Å². The fraction of sp³-hybridized carbons (Fsp3) is 0.892. The van der Waals surface area contributed by atoms with Crippen molar-refractivity contribution in [3.8, 4) is 11.8 Å². The largest absolute Gasteiger partial charge is 0.449 e. The van der Waals surface area contributed by atoms with Crippen molar-refractivity contribution in [3.63, 3.8) is 0 Å². The van der Waals surface area contributed by atoms with E-state index < -0.39 is 0 Å². The number of carbonyl (C=O) groups is 1. The topological polar surface area (TPSA) is 161 Å². The second-order valence-corrected chi connectivity index (χ2v) is 15.6. The number of hydrogen-bond donors (Lipinski definition) is 10. The number of ether oxygens (including phenoxy) is 1. The number of alkyl carbamates (subject to hydrolysis) is 1. The van der Waals surface area contributed by atoms with Crippen molar-refractivity contribution in [3.05, 3.63) is 0 Å². The van der Waals surface area contributed by atoms with Crippen LogP contribution in [0.1, 0.15) is 83.5 Å². The molecule has 2 aliphatic carbocycles. The van der Waals surface area contributed by atoms with Crippen LogP contribution < -0.4 is 53.6 Å². The van der Waals surface area contributed by atoms with Gasteiger partial charge in [-0.05, 0) is 55.7 Å². The number of carbonyl (C=O) groups excluding carboxylic acids is 1. The zero-order chi connectivity index (χ0) is 35.2. The van der Waals surface area contributed by atoms with Crippen LogP contribution in [0.2, 0.25) is 0 Å². The van der Waals surface area contributed by atoms with Gasteiger partial charge in [-0.2, -0.15) is 0 Å². The van der Waals surface area contributed by atoms with Gasteiger partial charge in [0.1, 0.15) is 0 Å². The van der Waals surface area contributed by atoms with Crippen molar-refractivity contribution >= 4 is 23.4 Å². The fourth-order valence-electron chi connectivity index (χ4n) is 7.70. The van der Waals surface area contributed by atoms with E-state index in [-0.39, 0.29) is 17.2 Å². The molecule has 50 heavy (non-hydrogen) atoms. The summed E-state index contributed by atoms with van der Waals surface area (Å²) in [7, 11) is 0. The van der Waals surface area contributed by atoms with Gasteiger partial charge in [0.05, 0.1) is 17.7 Å². The molecular formula is C37H70N10O2S. The molecule has 5 aliphatic rings. The van der Waals surface area contributed by atoms with E-state index in [1.807, 2.05) is 0 Å². The highest BCUT2D eigenvalue weighted by molar-refractivity contribution is 7.80. The maximum absolute atomic E-state index is 12.1. The van der Waals surface area contributed by atoms with Crippen LogP contribution in [0.5, 0.6) is 0 Å². The summed E-state index contributed by atoms with van der Waals surface area (Å²) in [6, 6.07) is 0. The first-order valence-electron chi connectivity index (χ1n) is 19.9. The highest BCUT2D eigenvalue weighted by Gasteiger charge is 2.49. The Labute approximate surface area is 308 Å². The zero-order valence-corrected chi connectivity index (χ0v) is 31.6. The smallest absolute Gasteiger partial charge is 0.407 e. The number of rotatable bonds is 15. The standard InChI is InChI=1S/C37H70N10O2S/c38-36-25-39-18-21-42-28-37(29-43-22-19-40-26-36,30-44-23-20-41-27-36)47-34(50)45-16-12-8-4-2-1-3-5-9-13-17-46-35(48)49-24-33-31-14-10-6-7-11-15-32(31)33/h31-33,39-44H,1-5,8-30,38H2,(H,46,48)(H2,45,47,50)/t31-,32+,33?,36?,37?. The summed E-state index contributed by atoms with van der Waals surface area (Å²) < 4.78 is 5.52. The van der Waals surface area contributed by atoms with E-state index in [9.17, 15) is 4.79 Å². The lowest BCUT2D eigenvalue weighted by atomic mass is 9.98. The minimum atomic E-state index is -0.319. The van der Waals surface area contributed by atoms with Crippen LogP contribution in [0.3, 0.4) is 0 Å². The molecule has 3 aliphatic heterocycles. The van der Waals surface area contributed by atoms with Crippen LogP contribution in [0.15, 0.2) is 0 Å². The number of hydrogen-bond acceptors (Lipinski definition) is 10. The van der Waals surface area contributed by atoms with Gasteiger partial charge in [0, 0.05) is 104 Å². The molecular weight excluding hydrogens is 649 g/mol. The molecule has 4 fully saturated rings. The SMILES string of the molecule is NC12CNCCNCC(NC(=S)NCCCCCCCCCCCNC(=O)OCC3[C@H]4CCC#CCC[C@@H]34)(CNCCNC1)CNCCNC2. The quantitative estimate of drug-likeness (QED) is 0.0670. The zero-order valence-electron chi connectivity index (χ0n) is 30.8. The van der Waals surface area contributed by atoms with Crippen molar-refractivity contribution < 1.29 is 9.53 Å². The highest BCUT2D eigenvalue weighted by Crippen LogP contribution is 2.52. The summed E-state index contributed by atoms with van der Waals surface area (Å²) in [5.41, 5.74) is 6.15. The number of nitrogens with one attached hydrogen (secondary N) is 9. The lowest BCUT2D eigenvalue weighted by Crippen LogP contribution is -2.68. The van der Waals surface area contributed by atoms with Gasteiger partial charge in [0.15, 0.2) is 5.11 Å². The summed E-state index contributed by atoms with van der Waals surface area (Å²) in [6.45, 7) is 12.1. The maximum Gasteiger partial charge on any atom is 0.407 e. The summed E-state index contributed by atoms with van der Waals surface area (Å²) in [5.74, 6) is 8.47. The lowest BCUT2D eigenvalue weighted by Gasteiger charge is -2.38. The van der Waals surface area contributed by atoms with Crippen LogP contribution in [-0.4, -0.2) is 121 Å². The van der Waals surface area contributed by atoms with Gasteiger partial charge in [-0.1, -0.05) is 44.9 Å². The molecule has 0 aromatic carbocycles. The van der Waals surface area contributed by atoms with Crippen molar-refractivity contribution in [1.29, 1.82) is 0 Å². The average molecular weight is 719 g/mol. The van der Waals surface area contributed by atoms with E-state index in [1.165, 1.54) is 51.4 Å². The minimum absolute atomic E-state index is 0.248. The van der Waals surface area contributed by atoms with Crippen molar-refractivity contribution in [2.45, 2.75) is 94.5 Å². The Bertz CT molecular complexity index is 978. The molecule has 2 bridgehead atoms. The number of nitrogens with two attached hydrogens (primary N) is 1. The summed E-state index contributed by atoms with van der Waals surface area (Å²) >= 11 is 5.81. The summed E-state index contributed by atoms with van der Waals surface area (Å²) in [5, 5.41) is 32.5.